The molecule has 1 aliphatic rings. The molecule has 0 aliphatic heterocycles. The fraction of sp³-hybridized carbons (Fsp3) is 0.643. The SMILES string of the molecule is CCc1ccc(C(=O)C2C(C)(C)C2(C)C)s1. The molecule has 1 aromatic rings. The first kappa shape index (κ1) is 11.8. The van der Waals surface area contributed by atoms with Gasteiger partial charge in [0.05, 0.1) is 4.88 Å². The number of hydrogen-bond donors (Lipinski definition) is 0. The first-order chi connectivity index (χ1) is 7.32. The minimum Gasteiger partial charge on any atom is -0.293 e. The van der Waals surface area contributed by atoms with Crippen molar-refractivity contribution in [3.8, 4) is 0 Å². The second-order valence-electron chi connectivity index (χ2n) is 5.86. The topological polar surface area (TPSA) is 17.1 Å². The van der Waals surface area contributed by atoms with Crippen LogP contribution in [0.15, 0.2) is 12.1 Å². The molecule has 0 saturated heterocycles. The summed E-state index contributed by atoms with van der Waals surface area (Å²) in [7, 11) is 0. The van der Waals surface area contributed by atoms with Crippen LogP contribution < -0.4 is 0 Å². The van der Waals surface area contributed by atoms with Crippen LogP contribution in [0, 0.1) is 16.7 Å². The Balaban J connectivity index is 2.22. The zero-order valence-electron chi connectivity index (χ0n) is 10.8. The van der Waals surface area contributed by atoms with Crippen molar-refractivity contribution in [3.63, 3.8) is 0 Å². The second-order valence-corrected chi connectivity index (χ2v) is 7.03. The van der Waals surface area contributed by atoms with Crippen LogP contribution in [0.4, 0.5) is 0 Å². The van der Waals surface area contributed by atoms with E-state index in [-0.39, 0.29) is 16.7 Å². The first-order valence-corrected chi connectivity index (χ1v) is 6.77. The van der Waals surface area contributed by atoms with Gasteiger partial charge >= 0.3 is 0 Å². The van der Waals surface area contributed by atoms with Crippen LogP contribution in [0.2, 0.25) is 0 Å². The van der Waals surface area contributed by atoms with Crippen LogP contribution in [-0.2, 0) is 6.42 Å². The average molecular weight is 236 g/mol. The number of carbonyl (C=O) groups is 1. The van der Waals surface area contributed by atoms with Gasteiger partial charge < -0.3 is 0 Å². The molecule has 0 radical (unpaired) electrons. The zero-order valence-corrected chi connectivity index (χ0v) is 11.6. The third kappa shape index (κ3) is 1.46. The minimum atomic E-state index is 0.153. The van der Waals surface area contributed by atoms with E-state index in [4.69, 9.17) is 0 Å². The van der Waals surface area contributed by atoms with Gasteiger partial charge in [-0.25, -0.2) is 0 Å². The smallest absolute Gasteiger partial charge is 0.176 e. The molecule has 2 rings (SSSR count). The lowest BCUT2D eigenvalue weighted by Crippen LogP contribution is -2.05. The van der Waals surface area contributed by atoms with Gasteiger partial charge in [0.15, 0.2) is 5.78 Å². The second kappa shape index (κ2) is 3.43. The highest BCUT2D eigenvalue weighted by atomic mass is 32.1. The van der Waals surface area contributed by atoms with E-state index in [0.29, 0.717) is 5.78 Å². The van der Waals surface area contributed by atoms with Crippen LogP contribution in [-0.4, -0.2) is 5.78 Å². The lowest BCUT2D eigenvalue weighted by atomic mass is 10.0. The van der Waals surface area contributed by atoms with Gasteiger partial charge in [-0.2, -0.15) is 0 Å². The van der Waals surface area contributed by atoms with Gasteiger partial charge in [-0.1, -0.05) is 34.6 Å². The average Bonchev–Trinajstić information content (AvgIpc) is 2.59. The van der Waals surface area contributed by atoms with Gasteiger partial charge in [-0.3, -0.25) is 4.79 Å². The molecule has 1 aliphatic carbocycles. The van der Waals surface area contributed by atoms with E-state index in [1.165, 1.54) is 4.88 Å². The lowest BCUT2D eigenvalue weighted by molar-refractivity contribution is 0.0949. The fourth-order valence-electron chi connectivity index (χ4n) is 2.69. The molecule has 16 heavy (non-hydrogen) atoms. The monoisotopic (exact) mass is 236 g/mol. The van der Waals surface area contributed by atoms with E-state index >= 15 is 0 Å². The molecule has 1 aromatic heterocycles. The number of carbonyl (C=O) groups excluding carboxylic acids is 1. The number of Topliss-reactive ketones (excluding diaryl/α,β-unsaturated/α-hetero) is 1. The van der Waals surface area contributed by atoms with Crippen LogP contribution in [0.1, 0.15) is 49.2 Å². The lowest BCUT2D eigenvalue weighted by Gasteiger charge is -2.03. The Morgan fingerprint density at radius 1 is 1.25 bits per heavy atom. The highest BCUT2D eigenvalue weighted by Crippen LogP contribution is 2.69. The van der Waals surface area contributed by atoms with Gasteiger partial charge in [0.2, 0.25) is 0 Å². The summed E-state index contributed by atoms with van der Waals surface area (Å²) < 4.78 is 0. The largest absolute Gasteiger partial charge is 0.293 e. The molecule has 0 N–H and O–H groups in total. The Bertz CT molecular complexity index is 412. The van der Waals surface area contributed by atoms with Crippen LogP contribution >= 0.6 is 11.3 Å². The Morgan fingerprint density at radius 2 is 1.81 bits per heavy atom. The third-order valence-electron chi connectivity index (χ3n) is 4.54. The summed E-state index contributed by atoms with van der Waals surface area (Å²) in [5.74, 6) is 0.544. The molecule has 1 fully saturated rings. The standard InChI is InChI=1S/C14H20OS/c1-6-9-7-8-10(16-9)11(15)12-13(2,3)14(12,4)5/h7-8,12H,6H2,1-5H3. The zero-order chi connectivity index (χ0) is 12.1. The predicted octanol–water partition coefficient (Wildman–Crippen LogP) is 4.18. The Morgan fingerprint density at radius 3 is 2.19 bits per heavy atom. The van der Waals surface area contributed by atoms with Gasteiger partial charge in [0.25, 0.3) is 0 Å². The van der Waals surface area contributed by atoms with E-state index in [1.807, 2.05) is 6.07 Å². The summed E-state index contributed by atoms with van der Waals surface area (Å²) in [6.45, 7) is 10.9. The molecular formula is C14H20OS. The molecule has 0 spiro atoms. The summed E-state index contributed by atoms with van der Waals surface area (Å²) in [6, 6.07) is 4.08. The van der Waals surface area contributed by atoms with E-state index in [1.54, 1.807) is 11.3 Å². The maximum absolute atomic E-state index is 12.4. The number of thiophene rings is 1. The van der Waals surface area contributed by atoms with Crippen molar-refractivity contribution in [2.75, 3.05) is 0 Å². The Labute approximate surface area is 102 Å². The summed E-state index contributed by atoms with van der Waals surface area (Å²) in [4.78, 5) is 14.6. The minimum absolute atomic E-state index is 0.153. The van der Waals surface area contributed by atoms with Crippen LogP contribution in [0.3, 0.4) is 0 Å². The third-order valence-corrected chi connectivity index (χ3v) is 5.78. The highest BCUT2D eigenvalue weighted by molar-refractivity contribution is 7.14. The van der Waals surface area contributed by atoms with E-state index in [2.05, 4.69) is 40.7 Å². The van der Waals surface area contributed by atoms with Gasteiger partial charge in [-0.05, 0) is 29.4 Å². The summed E-state index contributed by atoms with van der Waals surface area (Å²) in [5.41, 5.74) is 0.306. The molecule has 0 aromatic carbocycles. The summed E-state index contributed by atoms with van der Waals surface area (Å²) >= 11 is 1.66. The van der Waals surface area contributed by atoms with E-state index in [9.17, 15) is 4.79 Å². The Hall–Kier alpha value is -0.630. The summed E-state index contributed by atoms with van der Waals surface area (Å²) in [5, 5.41) is 0. The maximum Gasteiger partial charge on any atom is 0.176 e. The van der Waals surface area contributed by atoms with Crippen LogP contribution in [0.5, 0.6) is 0 Å². The van der Waals surface area contributed by atoms with Crippen LogP contribution in [0.25, 0.3) is 0 Å². The van der Waals surface area contributed by atoms with E-state index < -0.39 is 0 Å². The molecule has 1 saturated carbocycles. The van der Waals surface area contributed by atoms with Crippen molar-refractivity contribution in [1.29, 1.82) is 0 Å². The fourth-order valence-corrected chi connectivity index (χ4v) is 3.61. The van der Waals surface area contributed by atoms with Crippen molar-refractivity contribution in [1.82, 2.24) is 0 Å². The predicted molar refractivity (Wildman–Crippen MR) is 69.1 cm³/mol. The molecule has 1 heterocycles. The highest BCUT2D eigenvalue weighted by Gasteiger charge is 2.68. The quantitative estimate of drug-likeness (QED) is 0.720. The van der Waals surface area contributed by atoms with Gasteiger partial charge in [0, 0.05) is 10.8 Å². The number of hydrogen-bond acceptors (Lipinski definition) is 2. The molecule has 2 heteroatoms. The normalized spacial score (nSPS) is 22.1. The van der Waals surface area contributed by atoms with Gasteiger partial charge in [-0.15, -0.1) is 11.3 Å². The van der Waals surface area contributed by atoms with Crippen molar-refractivity contribution < 1.29 is 4.79 Å². The molecule has 1 nitrogen and oxygen atoms in total. The van der Waals surface area contributed by atoms with Gasteiger partial charge in [0.1, 0.15) is 0 Å². The molecular weight excluding hydrogens is 216 g/mol. The van der Waals surface area contributed by atoms with Crippen molar-refractivity contribution in [3.05, 3.63) is 21.9 Å². The van der Waals surface area contributed by atoms with Crippen molar-refractivity contribution >= 4 is 17.1 Å². The number of rotatable bonds is 3. The molecule has 0 atom stereocenters. The summed E-state index contributed by atoms with van der Waals surface area (Å²) in [6.07, 6.45) is 1.02. The van der Waals surface area contributed by atoms with Crippen molar-refractivity contribution in [2.45, 2.75) is 41.0 Å². The van der Waals surface area contributed by atoms with Crippen molar-refractivity contribution in [2.24, 2.45) is 16.7 Å². The molecule has 0 amide bonds. The molecule has 88 valence electrons. The number of ketones is 1. The number of aryl methyl sites for hydroxylation is 1. The Kier molecular flexibility index (Phi) is 2.54. The first-order valence-electron chi connectivity index (χ1n) is 5.95. The van der Waals surface area contributed by atoms with E-state index in [0.717, 1.165) is 11.3 Å². The molecule has 0 bridgehead atoms. The molecule has 0 unspecified atom stereocenters. The maximum atomic E-state index is 12.4.